The average molecular weight is 198 g/mol. The van der Waals surface area contributed by atoms with E-state index in [9.17, 15) is 4.79 Å². The van der Waals surface area contributed by atoms with Gasteiger partial charge in [0.2, 0.25) is 5.91 Å². The third kappa shape index (κ3) is 3.66. The number of carbonyl (C=O) groups is 1. The van der Waals surface area contributed by atoms with E-state index < -0.39 is 0 Å². The number of amides is 1. The minimum absolute atomic E-state index is 0.0744. The topological polar surface area (TPSA) is 41.1 Å². The van der Waals surface area contributed by atoms with Gasteiger partial charge in [0.25, 0.3) is 0 Å². The highest BCUT2D eigenvalue weighted by Crippen LogP contribution is 2.28. The minimum Gasteiger partial charge on any atom is -0.350 e. The summed E-state index contributed by atoms with van der Waals surface area (Å²) in [4.78, 5) is 11.5. The van der Waals surface area contributed by atoms with Crippen molar-refractivity contribution < 1.29 is 4.79 Å². The normalized spacial score (nSPS) is 19.6. The summed E-state index contributed by atoms with van der Waals surface area (Å²) in [5, 5.41) is 6.23. The molecular formula is C11H22N2O. The number of hydrogen-bond donors (Lipinski definition) is 2. The predicted octanol–water partition coefficient (Wildman–Crippen LogP) is 1.43. The first-order chi connectivity index (χ1) is 6.66. The van der Waals surface area contributed by atoms with Crippen LogP contribution in [-0.2, 0) is 4.79 Å². The van der Waals surface area contributed by atoms with Crippen molar-refractivity contribution in [2.24, 2.45) is 0 Å². The SMILES string of the molecule is CCCNCC(=O)NC1(C)CCCC1. The molecule has 0 aromatic rings. The molecule has 2 N–H and O–H groups in total. The Labute approximate surface area is 86.6 Å². The molecule has 0 aromatic heterocycles. The molecule has 0 saturated heterocycles. The lowest BCUT2D eigenvalue weighted by molar-refractivity contribution is -0.121. The van der Waals surface area contributed by atoms with Gasteiger partial charge in [0, 0.05) is 5.54 Å². The molecule has 0 aromatic carbocycles. The summed E-state index contributed by atoms with van der Waals surface area (Å²) in [6, 6.07) is 0. The van der Waals surface area contributed by atoms with Crippen LogP contribution in [0.1, 0.15) is 46.0 Å². The quantitative estimate of drug-likeness (QED) is 0.656. The highest BCUT2D eigenvalue weighted by atomic mass is 16.2. The van der Waals surface area contributed by atoms with E-state index in [0.29, 0.717) is 6.54 Å². The molecule has 0 aliphatic heterocycles. The predicted molar refractivity (Wildman–Crippen MR) is 58.2 cm³/mol. The molecule has 0 radical (unpaired) electrons. The summed E-state index contributed by atoms with van der Waals surface area (Å²) in [6.45, 7) is 5.63. The van der Waals surface area contributed by atoms with E-state index in [-0.39, 0.29) is 11.4 Å². The second-order valence-electron chi connectivity index (χ2n) is 4.49. The van der Waals surface area contributed by atoms with Crippen LogP contribution >= 0.6 is 0 Å². The van der Waals surface area contributed by atoms with Crippen molar-refractivity contribution in [2.75, 3.05) is 13.1 Å². The molecule has 0 spiro atoms. The van der Waals surface area contributed by atoms with Crippen LogP contribution in [-0.4, -0.2) is 24.5 Å². The van der Waals surface area contributed by atoms with Gasteiger partial charge in [-0.3, -0.25) is 4.79 Å². The molecule has 0 atom stereocenters. The van der Waals surface area contributed by atoms with E-state index in [1.54, 1.807) is 0 Å². The zero-order valence-electron chi connectivity index (χ0n) is 9.36. The number of nitrogens with one attached hydrogen (secondary N) is 2. The summed E-state index contributed by atoms with van der Waals surface area (Å²) in [7, 11) is 0. The second kappa shape index (κ2) is 5.35. The van der Waals surface area contributed by atoms with Crippen LogP contribution in [0.25, 0.3) is 0 Å². The highest BCUT2D eigenvalue weighted by molar-refractivity contribution is 5.78. The Balaban J connectivity index is 2.19. The van der Waals surface area contributed by atoms with Crippen LogP contribution in [0.5, 0.6) is 0 Å². The van der Waals surface area contributed by atoms with Crippen molar-refractivity contribution in [1.29, 1.82) is 0 Å². The first kappa shape index (κ1) is 11.5. The highest BCUT2D eigenvalue weighted by Gasteiger charge is 2.29. The molecular weight excluding hydrogens is 176 g/mol. The van der Waals surface area contributed by atoms with Gasteiger partial charge in [-0.1, -0.05) is 19.8 Å². The van der Waals surface area contributed by atoms with Gasteiger partial charge in [-0.25, -0.2) is 0 Å². The van der Waals surface area contributed by atoms with Gasteiger partial charge in [-0.05, 0) is 32.7 Å². The monoisotopic (exact) mass is 198 g/mol. The van der Waals surface area contributed by atoms with Gasteiger partial charge in [0.1, 0.15) is 0 Å². The Bertz CT molecular complexity index is 186. The lowest BCUT2D eigenvalue weighted by atomic mass is 10.0. The molecule has 3 heteroatoms. The van der Waals surface area contributed by atoms with Gasteiger partial charge in [0.05, 0.1) is 6.54 Å². The minimum atomic E-state index is 0.0744. The lowest BCUT2D eigenvalue weighted by Gasteiger charge is -2.25. The Morgan fingerprint density at radius 2 is 2.00 bits per heavy atom. The largest absolute Gasteiger partial charge is 0.350 e. The average Bonchev–Trinajstić information content (AvgIpc) is 2.52. The van der Waals surface area contributed by atoms with E-state index in [1.807, 2.05) is 0 Å². The molecule has 1 fully saturated rings. The molecule has 0 bridgehead atoms. The molecule has 1 amide bonds. The molecule has 0 unspecified atom stereocenters. The van der Waals surface area contributed by atoms with E-state index in [2.05, 4.69) is 24.5 Å². The molecule has 14 heavy (non-hydrogen) atoms. The Hall–Kier alpha value is -0.570. The van der Waals surface area contributed by atoms with Crippen molar-refractivity contribution >= 4 is 5.91 Å². The summed E-state index contributed by atoms with van der Waals surface area (Å²) in [6.07, 6.45) is 5.84. The van der Waals surface area contributed by atoms with Crippen LogP contribution in [0.3, 0.4) is 0 Å². The maximum absolute atomic E-state index is 11.5. The molecule has 1 aliphatic rings. The standard InChI is InChI=1S/C11H22N2O/c1-3-8-12-9-10(14)13-11(2)6-4-5-7-11/h12H,3-9H2,1-2H3,(H,13,14). The van der Waals surface area contributed by atoms with Crippen LogP contribution in [0, 0.1) is 0 Å². The molecule has 3 nitrogen and oxygen atoms in total. The molecule has 1 rings (SSSR count). The molecule has 82 valence electrons. The summed E-state index contributed by atoms with van der Waals surface area (Å²) in [5.41, 5.74) is 0.0744. The van der Waals surface area contributed by atoms with Crippen LogP contribution in [0.2, 0.25) is 0 Å². The maximum Gasteiger partial charge on any atom is 0.234 e. The van der Waals surface area contributed by atoms with Crippen molar-refractivity contribution in [1.82, 2.24) is 10.6 Å². The van der Waals surface area contributed by atoms with Crippen molar-refractivity contribution in [3.8, 4) is 0 Å². The zero-order chi connectivity index (χ0) is 10.4. The number of hydrogen-bond acceptors (Lipinski definition) is 2. The van der Waals surface area contributed by atoms with Crippen LogP contribution in [0.4, 0.5) is 0 Å². The lowest BCUT2D eigenvalue weighted by Crippen LogP contribution is -2.47. The Kier molecular flexibility index (Phi) is 4.39. The fourth-order valence-corrected chi connectivity index (χ4v) is 2.04. The Morgan fingerprint density at radius 3 is 2.57 bits per heavy atom. The number of rotatable bonds is 5. The molecule has 0 heterocycles. The van der Waals surface area contributed by atoms with E-state index in [1.165, 1.54) is 12.8 Å². The van der Waals surface area contributed by atoms with Gasteiger partial charge < -0.3 is 10.6 Å². The first-order valence-electron chi connectivity index (χ1n) is 5.68. The van der Waals surface area contributed by atoms with Gasteiger partial charge in [0.15, 0.2) is 0 Å². The van der Waals surface area contributed by atoms with Crippen molar-refractivity contribution in [2.45, 2.75) is 51.5 Å². The second-order valence-corrected chi connectivity index (χ2v) is 4.49. The third-order valence-electron chi connectivity index (χ3n) is 2.86. The van der Waals surface area contributed by atoms with Gasteiger partial charge in [-0.15, -0.1) is 0 Å². The van der Waals surface area contributed by atoms with Crippen molar-refractivity contribution in [3.05, 3.63) is 0 Å². The van der Waals surface area contributed by atoms with Crippen molar-refractivity contribution in [3.63, 3.8) is 0 Å². The number of carbonyl (C=O) groups excluding carboxylic acids is 1. The molecule has 1 aliphatic carbocycles. The third-order valence-corrected chi connectivity index (χ3v) is 2.86. The van der Waals surface area contributed by atoms with Gasteiger partial charge in [-0.2, -0.15) is 0 Å². The fourth-order valence-electron chi connectivity index (χ4n) is 2.04. The first-order valence-corrected chi connectivity index (χ1v) is 5.68. The van der Waals surface area contributed by atoms with Crippen LogP contribution < -0.4 is 10.6 Å². The van der Waals surface area contributed by atoms with Crippen LogP contribution in [0.15, 0.2) is 0 Å². The summed E-state index contributed by atoms with van der Waals surface area (Å²) in [5.74, 6) is 0.142. The smallest absolute Gasteiger partial charge is 0.234 e. The van der Waals surface area contributed by atoms with E-state index >= 15 is 0 Å². The van der Waals surface area contributed by atoms with Gasteiger partial charge >= 0.3 is 0 Å². The zero-order valence-corrected chi connectivity index (χ0v) is 9.36. The Morgan fingerprint density at radius 1 is 1.36 bits per heavy atom. The molecule has 1 saturated carbocycles. The summed E-state index contributed by atoms with van der Waals surface area (Å²) >= 11 is 0. The summed E-state index contributed by atoms with van der Waals surface area (Å²) < 4.78 is 0. The van der Waals surface area contributed by atoms with E-state index in [4.69, 9.17) is 0 Å². The fraction of sp³-hybridized carbons (Fsp3) is 0.909. The van der Waals surface area contributed by atoms with E-state index in [0.717, 1.165) is 25.8 Å². The maximum atomic E-state index is 11.5.